The van der Waals surface area contributed by atoms with Crippen LogP contribution in [0.4, 0.5) is 0 Å². The van der Waals surface area contributed by atoms with Gasteiger partial charge in [0, 0.05) is 12.6 Å². The van der Waals surface area contributed by atoms with E-state index in [9.17, 15) is 0 Å². The van der Waals surface area contributed by atoms with Crippen LogP contribution in [0.25, 0.3) is 0 Å². The van der Waals surface area contributed by atoms with Gasteiger partial charge in [-0.25, -0.2) is 0 Å². The maximum Gasteiger partial charge on any atom is 0.0845 e. The monoisotopic (exact) mass is 141 g/mol. The number of ether oxygens (including phenoxy) is 1. The second kappa shape index (κ2) is 1.95. The van der Waals surface area contributed by atoms with Gasteiger partial charge in [0.2, 0.25) is 0 Å². The van der Waals surface area contributed by atoms with Crippen molar-refractivity contribution in [2.75, 3.05) is 13.2 Å². The molecule has 2 rings (SSSR count). The number of fused-ring (bicyclic) bond motifs is 2. The lowest BCUT2D eigenvalue weighted by Crippen LogP contribution is -2.42. The predicted octanol–water partition coefficient (Wildman–Crippen LogP) is 0.773. The molecule has 0 aromatic carbocycles. The molecule has 2 aliphatic rings. The Morgan fingerprint density at radius 2 is 2.40 bits per heavy atom. The third kappa shape index (κ3) is 0.722. The van der Waals surface area contributed by atoms with Crippen LogP contribution in [0.5, 0.6) is 0 Å². The standard InChI is InChI=1S/C8H15NO/c1-6(2)8-3-7(4-10-8)9-5-8/h6-7,9H,3-5H2,1-2H3/t7-,8-/m0/s1. The molecule has 2 atom stereocenters. The summed E-state index contributed by atoms with van der Waals surface area (Å²) in [5.74, 6) is 0.660. The largest absolute Gasteiger partial charge is 0.372 e. The van der Waals surface area contributed by atoms with Gasteiger partial charge in [0.25, 0.3) is 0 Å². The van der Waals surface area contributed by atoms with Crippen molar-refractivity contribution < 1.29 is 4.74 Å². The molecule has 2 aliphatic heterocycles. The van der Waals surface area contributed by atoms with E-state index in [1.807, 2.05) is 0 Å². The van der Waals surface area contributed by atoms with Crippen LogP contribution in [0.2, 0.25) is 0 Å². The van der Waals surface area contributed by atoms with Gasteiger partial charge in [-0.3, -0.25) is 0 Å². The Hall–Kier alpha value is -0.0800. The summed E-state index contributed by atoms with van der Waals surface area (Å²) in [7, 11) is 0. The Balaban J connectivity index is 2.15. The van der Waals surface area contributed by atoms with Crippen molar-refractivity contribution in [2.24, 2.45) is 5.92 Å². The van der Waals surface area contributed by atoms with Crippen molar-refractivity contribution in [1.82, 2.24) is 5.32 Å². The molecule has 58 valence electrons. The zero-order valence-corrected chi connectivity index (χ0v) is 6.68. The Bertz CT molecular complexity index is 136. The first-order valence-electron chi connectivity index (χ1n) is 4.10. The number of hydrogen-bond acceptors (Lipinski definition) is 2. The lowest BCUT2D eigenvalue weighted by molar-refractivity contribution is -0.0390. The van der Waals surface area contributed by atoms with Gasteiger partial charge in [0.05, 0.1) is 12.2 Å². The second-order valence-corrected chi connectivity index (χ2v) is 3.81. The van der Waals surface area contributed by atoms with Gasteiger partial charge in [-0.05, 0) is 12.3 Å². The van der Waals surface area contributed by atoms with E-state index in [0.29, 0.717) is 12.0 Å². The molecule has 2 heterocycles. The average molecular weight is 141 g/mol. The van der Waals surface area contributed by atoms with E-state index in [-0.39, 0.29) is 5.60 Å². The molecule has 2 fully saturated rings. The van der Waals surface area contributed by atoms with Gasteiger partial charge in [-0.1, -0.05) is 13.8 Å². The Morgan fingerprint density at radius 3 is 2.60 bits per heavy atom. The van der Waals surface area contributed by atoms with Crippen LogP contribution in [0.1, 0.15) is 20.3 Å². The summed E-state index contributed by atoms with van der Waals surface area (Å²) in [6.07, 6.45) is 1.23. The molecular formula is C8H15NO. The van der Waals surface area contributed by atoms with Crippen LogP contribution in [0, 0.1) is 5.92 Å². The minimum absolute atomic E-state index is 0.199. The number of morpholine rings is 1. The third-order valence-corrected chi connectivity index (χ3v) is 2.91. The molecule has 2 heteroatoms. The number of rotatable bonds is 1. The van der Waals surface area contributed by atoms with Gasteiger partial charge in [0.15, 0.2) is 0 Å². The lowest BCUT2D eigenvalue weighted by atomic mass is 9.90. The number of nitrogens with one attached hydrogen (secondary N) is 1. The lowest BCUT2D eigenvalue weighted by Gasteiger charge is -2.30. The molecule has 10 heavy (non-hydrogen) atoms. The van der Waals surface area contributed by atoms with E-state index in [1.165, 1.54) is 6.42 Å². The van der Waals surface area contributed by atoms with Crippen molar-refractivity contribution in [1.29, 1.82) is 0 Å². The molecule has 0 aromatic rings. The van der Waals surface area contributed by atoms with Gasteiger partial charge >= 0.3 is 0 Å². The summed E-state index contributed by atoms with van der Waals surface area (Å²) in [4.78, 5) is 0. The molecule has 2 bridgehead atoms. The van der Waals surface area contributed by atoms with E-state index in [2.05, 4.69) is 19.2 Å². The molecule has 0 spiro atoms. The summed E-state index contributed by atoms with van der Waals surface area (Å²) in [5, 5.41) is 3.45. The minimum Gasteiger partial charge on any atom is -0.372 e. The van der Waals surface area contributed by atoms with Gasteiger partial charge < -0.3 is 10.1 Å². The Kier molecular flexibility index (Phi) is 1.29. The van der Waals surface area contributed by atoms with Crippen LogP contribution in [-0.2, 0) is 4.74 Å². The molecule has 0 amide bonds. The zero-order chi connectivity index (χ0) is 7.19. The van der Waals surface area contributed by atoms with E-state index in [4.69, 9.17) is 4.74 Å². The van der Waals surface area contributed by atoms with E-state index in [0.717, 1.165) is 13.2 Å². The maximum atomic E-state index is 5.74. The minimum atomic E-state index is 0.199. The van der Waals surface area contributed by atoms with Crippen LogP contribution < -0.4 is 5.32 Å². The summed E-state index contributed by atoms with van der Waals surface area (Å²) in [5.41, 5.74) is 0.199. The normalized spacial score (nSPS) is 45.3. The third-order valence-electron chi connectivity index (χ3n) is 2.91. The fourth-order valence-corrected chi connectivity index (χ4v) is 1.98. The van der Waals surface area contributed by atoms with Crippen LogP contribution >= 0.6 is 0 Å². The molecule has 0 aromatic heterocycles. The summed E-state index contributed by atoms with van der Waals surface area (Å²) < 4.78 is 5.74. The summed E-state index contributed by atoms with van der Waals surface area (Å²) in [6, 6.07) is 0.655. The maximum absolute atomic E-state index is 5.74. The Morgan fingerprint density at radius 1 is 1.60 bits per heavy atom. The number of hydrogen-bond donors (Lipinski definition) is 1. The molecule has 0 saturated carbocycles. The van der Waals surface area contributed by atoms with Crippen LogP contribution in [-0.4, -0.2) is 24.8 Å². The fraction of sp³-hybridized carbons (Fsp3) is 1.00. The van der Waals surface area contributed by atoms with E-state index in [1.54, 1.807) is 0 Å². The zero-order valence-electron chi connectivity index (χ0n) is 6.68. The summed E-state index contributed by atoms with van der Waals surface area (Å²) in [6.45, 7) is 6.48. The SMILES string of the molecule is CC(C)[C@]12CN[C@H](CO1)C2. The first-order valence-corrected chi connectivity index (χ1v) is 4.10. The van der Waals surface area contributed by atoms with E-state index >= 15 is 0 Å². The van der Waals surface area contributed by atoms with Crippen molar-refractivity contribution in [3.05, 3.63) is 0 Å². The molecule has 0 aliphatic carbocycles. The first-order chi connectivity index (χ1) is 4.73. The fourth-order valence-electron chi connectivity index (χ4n) is 1.98. The smallest absolute Gasteiger partial charge is 0.0845 e. The van der Waals surface area contributed by atoms with Gasteiger partial charge in [0.1, 0.15) is 0 Å². The molecular weight excluding hydrogens is 126 g/mol. The highest BCUT2D eigenvalue weighted by molar-refractivity contribution is 5.02. The molecule has 2 saturated heterocycles. The quantitative estimate of drug-likeness (QED) is 0.582. The van der Waals surface area contributed by atoms with E-state index < -0.39 is 0 Å². The van der Waals surface area contributed by atoms with Gasteiger partial charge in [-0.15, -0.1) is 0 Å². The van der Waals surface area contributed by atoms with Crippen molar-refractivity contribution in [3.63, 3.8) is 0 Å². The molecule has 0 unspecified atom stereocenters. The second-order valence-electron chi connectivity index (χ2n) is 3.81. The first kappa shape index (κ1) is 6.62. The highest BCUT2D eigenvalue weighted by Crippen LogP contribution is 2.36. The molecule has 1 N–H and O–H groups in total. The van der Waals surface area contributed by atoms with Crippen LogP contribution in [0.15, 0.2) is 0 Å². The molecule has 2 nitrogen and oxygen atoms in total. The summed E-state index contributed by atoms with van der Waals surface area (Å²) >= 11 is 0. The Labute approximate surface area is 61.9 Å². The van der Waals surface area contributed by atoms with Gasteiger partial charge in [-0.2, -0.15) is 0 Å². The van der Waals surface area contributed by atoms with Crippen molar-refractivity contribution in [2.45, 2.75) is 31.9 Å². The highest BCUT2D eigenvalue weighted by atomic mass is 16.5. The van der Waals surface area contributed by atoms with Crippen molar-refractivity contribution in [3.8, 4) is 0 Å². The van der Waals surface area contributed by atoms with Crippen LogP contribution in [0.3, 0.4) is 0 Å². The van der Waals surface area contributed by atoms with Crippen molar-refractivity contribution >= 4 is 0 Å². The predicted molar refractivity (Wildman–Crippen MR) is 39.9 cm³/mol. The molecule has 0 radical (unpaired) electrons. The highest BCUT2D eigenvalue weighted by Gasteiger charge is 2.47. The topological polar surface area (TPSA) is 21.3 Å². The average Bonchev–Trinajstić information content (AvgIpc) is 2.45.